The van der Waals surface area contributed by atoms with Crippen molar-refractivity contribution in [3.63, 3.8) is 0 Å². The lowest BCUT2D eigenvalue weighted by molar-refractivity contribution is 0.397. The molecule has 0 aliphatic heterocycles. The van der Waals surface area contributed by atoms with Crippen LogP contribution in [0, 0.1) is 0 Å². The third-order valence-corrected chi connectivity index (χ3v) is 1.06. The Balaban J connectivity index is 3.00. The Morgan fingerprint density at radius 3 is 3.18 bits per heavy atom. The molecule has 0 saturated heterocycles. The van der Waals surface area contributed by atoms with Crippen molar-refractivity contribution in [2.45, 2.75) is 0 Å². The first kappa shape index (κ1) is 7.78. The number of aromatic nitrogens is 2. The van der Waals surface area contributed by atoms with Gasteiger partial charge in [-0.3, -0.25) is 0 Å². The van der Waals surface area contributed by atoms with Crippen LogP contribution in [0.2, 0.25) is 0 Å². The van der Waals surface area contributed by atoms with E-state index in [9.17, 15) is 0 Å². The third kappa shape index (κ3) is 2.07. The SMILES string of the molecule is COc1ccnc(N=C=S)n1. The van der Waals surface area contributed by atoms with Crippen molar-refractivity contribution in [1.82, 2.24) is 9.97 Å². The van der Waals surface area contributed by atoms with Gasteiger partial charge in [0.1, 0.15) is 0 Å². The fourth-order valence-corrected chi connectivity index (χ4v) is 0.622. The number of isothiocyanates is 1. The summed E-state index contributed by atoms with van der Waals surface area (Å²) in [6.45, 7) is 0. The molecule has 0 spiro atoms. The minimum absolute atomic E-state index is 0.263. The van der Waals surface area contributed by atoms with Gasteiger partial charge in [0.2, 0.25) is 5.88 Å². The Morgan fingerprint density at radius 1 is 1.73 bits per heavy atom. The lowest BCUT2D eigenvalue weighted by atomic mass is 10.6. The molecule has 0 aromatic carbocycles. The monoisotopic (exact) mass is 167 g/mol. The highest BCUT2D eigenvalue weighted by Gasteiger charge is 1.93. The Labute approximate surface area is 69.0 Å². The summed E-state index contributed by atoms with van der Waals surface area (Å²) in [5.74, 6) is 0.725. The van der Waals surface area contributed by atoms with Crippen LogP contribution in [-0.4, -0.2) is 22.2 Å². The Hall–Kier alpha value is -1.32. The van der Waals surface area contributed by atoms with Gasteiger partial charge in [-0.1, -0.05) is 0 Å². The zero-order chi connectivity index (χ0) is 8.10. The van der Waals surface area contributed by atoms with E-state index in [1.54, 1.807) is 6.07 Å². The van der Waals surface area contributed by atoms with Crippen LogP contribution in [0.1, 0.15) is 0 Å². The molecule has 0 N–H and O–H groups in total. The second-order valence-corrected chi connectivity index (χ2v) is 1.78. The maximum absolute atomic E-state index is 4.83. The Kier molecular flexibility index (Phi) is 2.66. The number of hydrogen-bond donors (Lipinski definition) is 0. The van der Waals surface area contributed by atoms with Crippen molar-refractivity contribution in [2.24, 2.45) is 4.99 Å². The zero-order valence-electron chi connectivity index (χ0n) is 5.81. The van der Waals surface area contributed by atoms with E-state index in [0.29, 0.717) is 5.88 Å². The molecule has 0 aliphatic rings. The van der Waals surface area contributed by atoms with E-state index in [0.717, 1.165) is 0 Å². The Morgan fingerprint density at radius 2 is 2.55 bits per heavy atom. The van der Waals surface area contributed by atoms with Crippen LogP contribution >= 0.6 is 12.2 Å². The van der Waals surface area contributed by atoms with Crippen molar-refractivity contribution < 1.29 is 4.74 Å². The largest absolute Gasteiger partial charge is 0.481 e. The molecule has 0 bridgehead atoms. The first-order chi connectivity index (χ1) is 5.36. The summed E-state index contributed by atoms with van der Waals surface area (Å²) < 4.78 is 4.83. The van der Waals surface area contributed by atoms with Gasteiger partial charge in [0.05, 0.1) is 12.3 Å². The number of hydrogen-bond acceptors (Lipinski definition) is 5. The van der Waals surface area contributed by atoms with Gasteiger partial charge < -0.3 is 4.74 Å². The number of nitrogens with zero attached hydrogens (tertiary/aromatic N) is 3. The molecule has 1 heterocycles. The first-order valence-corrected chi connectivity index (χ1v) is 3.22. The third-order valence-electron chi connectivity index (χ3n) is 0.972. The van der Waals surface area contributed by atoms with E-state index in [1.807, 2.05) is 0 Å². The fraction of sp³-hybridized carbons (Fsp3) is 0.167. The van der Waals surface area contributed by atoms with E-state index < -0.39 is 0 Å². The summed E-state index contributed by atoms with van der Waals surface area (Å²) >= 11 is 4.38. The second-order valence-electron chi connectivity index (χ2n) is 1.60. The molecule has 0 atom stereocenters. The van der Waals surface area contributed by atoms with Gasteiger partial charge in [0.25, 0.3) is 5.95 Å². The molecule has 4 nitrogen and oxygen atoms in total. The second kappa shape index (κ2) is 3.75. The van der Waals surface area contributed by atoms with Crippen molar-refractivity contribution in [3.8, 4) is 5.88 Å². The van der Waals surface area contributed by atoms with Crippen molar-refractivity contribution >= 4 is 23.3 Å². The fourth-order valence-electron chi connectivity index (χ4n) is 0.541. The normalized spacial score (nSPS) is 8.45. The van der Waals surface area contributed by atoms with Crippen LogP contribution in [-0.2, 0) is 0 Å². The molecule has 0 amide bonds. The summed E-state index contributed by atoms with van der Waals surface area (Å²) in [7, 11) is 1.52. The highest BCUT2D eigenvalue weighted by Crippen LogP contribution is 2.08. The molecular formula is C6H5N3OS. The first-order valence-electron chi connectivity index (χ1n) is 2.81. The number of thiocarbonyl (C=S) groups is 1. The highest BCUT2D eigenvalue weighted by atomic mass is 32.1. The maximum atomic E-state index is 4.83. The summed E-state index contributed by atoms with van der Waals surface area (Å²) in [6, 6.07) is 1.63. The zero-order valence-corrected chi connectivity index (χ0v) is 6.63. The number of rotatable bonds is 2. The van der Waals surface area contributed by atoms with E-state index in [2.05, 4.69) is 32.3 Å². The predicted molar refractivity (Wildman–Crippen MR) is 43.3 cm³/mol. The van der Waals surface area contributed by atoms with Crippen LogP contribution < -0.4 is 4.74 Å². The molecule has 0 unspecified atom stereocenters. The van der Waals surface area contributed by atoms with Gasteiger partial charge in [-0.25, -0.2) is 4.98 Å². The lowest BCUT2D eigenvalue weighted by Gasteiger charge is -1.95. The molecule has 1 rings (SSSR count). The average molecular weight is 167 g/mol. The van der Waals surface area contributed by atoms with Gasteiger partial charge in [-0.2, -0.15) is 9.98 Å². The average Bonchev–Trinajstić information content (AvgIpc) is 2.06. The highest BCUT2D eigenvalue weighted by molar-refractivity contribution is 7.78. The summed E-state index contributed by atoms with van der Waals surface area (Å²) in [5.41, 5.74) is 0. The topological polar surface area (TPSA) is 47.4 Å². The summed E-state index contributed by atoms with van der Waals surface area (Å²) in [6.07, 6.45) is 1.54. The van der Waals surface area contributed by atoms with E-state index in [-0.39, 0.29) is 5.95 Å². The standard InChI is InChI=1S/C6H5N3OS/c1-10-5-2-3-7-6(9-5)8-4-11/h2-3H,1H3. The van der Waals surface area contributed by atoms with Gasteiger partial charge in [0, 0.05) is 12.3 Å². The number of methoxy groups -OCH3 is 1. The molecule has 0 saturated carbocycles. The smallest absolute Gasteiger partial charge is 0.261 e. The molecule has 5 heteroatoms. The summed E-state index contributed by atoms with van der Waals surface area (Å²) in [5, 5.41) is 2.16. The van der Waals surface area contributed by atoms with Crippen molar-refractivity contribution in [1.29, 1.82) is 0 Å². The van der Waals surface area contributed by atoms with Gasteiger partial charge in [-0.15, -0.1) is 0 Å². The molecule has 56 valence electrons. The van der Waals surface area contributed by atoms with Crippen molar-refractivity contribution in [2.75, 3.05) is 7.11 Å². The quantitative estimate of drug-likeness (QED) is 0.490. The van der Waals surface area contributed by atoms with E-state index in [1.165, 1.54) is 13.3 Å². The predicted octanol–water partition coefficient (Wildman–Crippen LogP) is 1.22. The minimum atomic E-state index is 0.263. The molecule has 0 fully saturated rings. The molecule has 1 aromatic rings. The van der Waals surface area contributed by atoms with Crippen LogP contribution in [0.25, 0.3) is 0 Å². The summed E-state index contributed by atoms with van der Waals surface area (Å²) in [4.78, 5) is 11.2. The molecule has 1 aromatic heterocycles. The van der Waals surface area contributed by atoms with Crippen LogP contribution in [0.5, 0.6) is 5.88 Å². The molecule has 11 heavy (non-hydrogen) atoms. The van der Waals surface area contributed by atoms with Crippen LogP contribution in [0.4, 0.5) is 5.95 Å². The van der Waals surface area contributed by atoms with Gasteiger partial charge in [0.15, 0.2) is 0 Å². The number of ether oxygens (including phenoxy) is 1. The minimum Gasteiger partial charge on any atom is -0.481 e. The van der Waals surface area contributed by atoms with Gasteiger partial charge >= 0.3 is 0 Å². The number of aliphatic imine (C=N–C) groups is 1. The maximum Gasteiger partial charge on any atom is 0.261 e. The Bertz CT molecular complexity index is 296. The molecule has 0 radical (unpaired) electrons. The van der Waals surface area contributed by atoms with E-state index >= 15 is 0 Å². The van der Waals surface area contributed by atoms with E-state index in [4.69, 9.17) is 4.74 Å². The molecular weight excluding hydrogens is 162 g/mol. The molecule has 0 aliphatic carbocycles. The van der Waals surface area contributed by atoms with Crippen LogP contribution in [0.15, 0.2) is 17.3 Å². The van der Waals surface area contributed by atoms with Crippen LogP contribution in [0.3, 0.4) is 0 Å². The van der Waals surface area contributed by atoms with Gasteiger partial charge in [-0.05, 0) is 12.2 Å². The lowest BCUT2D eigenvalue weighted by Crippen LogP contribution is -1.87. The van der Waals surface area contributed by atoms with Crippen molar-refractivity contribution in [3.05, 3.63) is 12.3 Å².